The summed E-state index contributed by atoms with van der Waals surface area (Å²) in [7, 11) is 0. The van der Waals surface area contributed by atoms with Gasteiger partial charge in [0, 0.05) is 43.6 Å². The first-order chi connectivity index (χ1) is 8.56. The van der Waals surface area contributed by atoms with Crippen LogP contribution in [-0.2, 0) is 11.3 Å². The van der Waals surface area contributed by atoms with Gasteiger partial charge < -0.3 is 5.11 Å². The summed E-state index contributed by atoms with van der Waals surface area (Å²) in [6, 6.07) is 4.91. The molecule has 1 aliphatic heterocycles. The van der Waals surface area contributed by atoms with E-state index in [2.05, 4.69) is 4.90 Å². The SMILES string of the molecule is CC(=O)c1ccc(O)c(CN2CCC(=O)CC2)c1. The summed E-state index contributed by atoms with van der Waals surface area (Å²) < 4.78 is 0. The minimum Gasteiger partial charge on any atom is -0.508 e. The molecule has 1 aliphatic rings. The van der Waals surface area contributed by atoms with Gasteiger partial charge in [-0.05, 0) is 25.1 Å². The molecule has 1 fully saturated rings. The molecule has 1 aromatic carbocycles. The third-order valence-electron chi connectivity index (χ3n) is 3.29. The minimum atomic E-state index is -0.00919. The van der Waals surface area contributed by atoms with E-state index >= 15 is 0 Å². The van der Waals surface area contributed by atoms with Crippen LogP contribution >= 0.6 is 0 Å². The highest BCUT2D eigenvalue weighted by molar-refractivity contribution is 5.94. The molecule has 18 heavy (non-hydrogen) atoms. The fourth-order valence-electron chi connectivity index (χ4n) is 2.13. The van der Waals surface area contributed by atoms with Crippen LogP contribution in [0.4, 0.5) is 0 Å². The molecule has 1 saturated heterocycles. The molecule has 0 aliphatic carbocycles. The zero-order valence-electron chi connectivity index (χ0n) is 10.5. The summed E-state index contributed by atoms with van der Waals surface area (Å²) in [6.07, 6.45) is 1.15. The number of piperidine rings is 1. The van der Waals surface area contributed by atoms with Gasteiger partial charge in [0.1, 0.15) is 11.5 Å². The summed E-state index contributed by atoms with van der Waals surface area (Å²) in [5.74, 6) is 0.495. The number of benzene rings is 1. The van der Waals surface area contributed by atoms with E-state index in [0.29, 0.717) is 30.7 Å². The lowest BCUT2D eigenvalue weighted by atomic mass is 10.0. The second-order valence-electron chi connectivity index (χ2n) is 4.71. The molecule has 4 nitrogen and oxygen atoms in total. The van der Waals surface area contributed by atoms with Crippen LogP contribution in [0.1, 0.15) is 35.7 Å². The highest BCUT2D eigenvalue weighted by atomic mass is 16.3. The van der Waals surface area contributed by atoms with Gasteiger partial charge in [-0.3, -0.25) is 14.5 Å². The van der Waals surface area contributed by atoms with Gasteiger partial charge in [0.2, 0.25) is 0 Å². The number of likely N-dealkylation sites (tertiary alicyclic amines) is 1. The predicted molar refractivity (Wildman–Crippen MR) is 67.6 cm³/mol. The fraction of sp³-hybridized carbons (Fsp3) is 0.429. The molecule has 1 heterocycles. The first kappa shape index (κ1) is 12.8. The average Bonchev–Trinajstić information content (AvgIpc) is 2.34. The normalized spacial score (nSPS) is 16.8. The van der Waals surface area contributed by atoms with Gasteiger partial charge in [0.05, 0.1) is 0 Å². The van der Waals surface area contributed by atoms with Crippen LogP contribution in [0.3, 0.4) is 0 Å². The van der Waals surface area contributed by atoms with Crippen molar-refractivity contribution in [2.75, 3.05) is 13.1 Å². The van der Waals surface area contributed by atoms with Gasteiger partial charge in [-0.2, -0.15) is 0 Å². The number of rotatable bonds is 3. The van der Waals surface area contributed by atoms with Crippen LogP contribution in [-0.4, -0.2) is 34.7 Å². The van der Waals surface area contributed by atoms with Crippen LogP contribution < -0.4 is 0 Å². The largest absolute Gasteiger partial charge is 0.508 e. The number of phenolic OH excluding ortho intramolecular Hbond substituents is 1. The molecule has 0 amide bonds. The molecule has 1 aromatic rings. The first-order valence-corrected chi connectivity index (χ1v) is 6.13. The molecule has 1 N–H and O–H groups in total. The molecule has 4 heteroatoms. The lowest BCUT2D eigenvalue weighted by molar-refractivity contribution is -0.121. The molecule has 2 rings (SSSR count). The zero-order valence-corrected chi connectivity index (χ0v) is 10.5. The number of hydrogen-bond acceptors (Lipinski definition) is 4. The van der Waals surface area contributed by atoms with Crippen LogP contribution in [0, 0.1) is 0 Å². The van der Waals surface area contributed by atoms with Crippen molar-refractivity contribution in [3.8, 4) is 5.75 Å². The molecule has 0 radical (unpaired) electrons. The Morgan fingerprint density at radius 3 is 2.61 bits per heavy atom. The summed E-state index contributed by atoms with van der Waals surface area (Å²) in [5.41, 5.74) is 1.35. The van der Waals surface area contributed by atoms with Crippen molar-refractivity contribution in [2.45, 2.75) is 26.3 Å². The van der Waals surface area contributed by atoms with Gasteiger partial charge in [-0.15, -0.1) is 0 Å². The van der Waals surface area contributed by atoms with Crippen molar-refractivity contribution in [2.24, 2.45) is 0 Å². The third-order valence-corrected chi connectivity index (χ3v) is 3.29. The van der Waals surface area contributed by atoms with Gasteiger partial charge in [0.15, 0.2) is 5.78 Å². The maximum Gasteiger partial charge on any atom is 0.159 e. The number of hydrogen-bond donors (Lipinski definition) is 1. The fourth-order valence-corrected chi connectivity index (χ4v) is 2.13. The van der Waals surface area contributed by atoms with Crippen molar-refractivity contribution in [3.05, 3.63) is 29.3 Å². The number of ketones is 2. The first-order valence-electron chi connectivity index (χ1n) is 6.13. The molecular formula is C14H17NO3. The maximum atomic E-state index is 11.3. The smallest absolute Gasteiger partial charge is 0.159 e. The van der Waals surface area contributed by atoms with Crippen molar-refractivity contribution >= 4 is 11.6 Å². The van der Waals surface area contributed by atoms with E-state index in [1.165, 1.54) is 6.92 Å². The van der Waals surface area contributed by atoms with Crippen molar-refractivity contribution in [3.63, 3.8) is 0 Å². The monoisotopic (exact) mass is 247 g/mol. The van der Waals surface area contributed by atoms with E-state index in [9.17, 15) is 14.7 Å². The van der Waals surface area contributed by atoms with E-state index in [1.807, 2.05) is 0 Å². The molecule has 0 spiro atoms. The molecular weight excluding hydrogens is 230 g/mol. The predicted octanol–water partition coefficient (Wildman–Crippen LogP) is 1.76. The third kappa shape index (κ3) is 2.96. The Morgan fingerprint density at radius 1 is 1.33 bits per heavy atom. The Hall–Kier alpha value is -1.68. The number of carbonyl (C=O) groups excluding carboxylic acids is 2. The molecule has 0 saturated carbocycles. The topological polar surface area (TPSA) is 57.6 Å². The Balaban J connectivity index is 2.10. The highest BCUT2D eigenvalue weighted by Crippen LogP contribution is 2.22. The maximum absolute atomic E-state index is 11.3. The number of nitrogens with zero attached hydrogens (tertiary/aromatic N) is 1. The van der Waals surface area contributed by atoms with Gasteiger partial charge in [0.25, 0.3) is 0 Å². The number of aromatic hydroxyl groups is 1. The standard InChI is InChI=1S/C14H17NO3/c1-10(16)11-2-3-14(18)12(8-11)9-15-6-4-13(17)5-7-15/h2-3,8,18H,4-7,9H2,1H3. The van der Waals surface area contributed by atoms with Crippen LogP contribution in [0.2, 0.25) is 0 Å². The Labute approximate surface area is 106 Å². The minimum absolute atomic E-state index is 0.00919. The lowest BCUT2D eigenvalue weighted by Gasteiger charge is -2.26. The molecule has 0 unspecified atom stereocenters. The Bertz CT molecular complexity index is 472. The highest BCUT2D eigenvalue weighted by Gasteiger charge is 2.17. The molecule has 0 atom stereocenters. The second-order valence-corrected chi connectivity index (χ2v) is 4.71. The molecule has 0 aromatic heterocycles. The van der Waals surface area contributed by atoms with E-state index in [0.717, 1.165) is 18.7 Å². The Morgan fingerprint density at radius 2 is 2.00 bits per heavy atom. The average molecular weight is 247 g/mol. The van der Waals surface area contributed by atoms with Gasteiger partial charge in [-0.25, -0.2) is 0 Å². The molecule has 96 valence electrons. The van der Waals surface area contributed by atoms with Gasteiger partial charge >= 0.3 is 0 Å². The Kier molecular flexibility index (Phi) is 3.77. The van der Waals surface area contributed by atoms with Crippen LogP contribution in [0.15, 0.2) is 18.2 Å². The van der Waals surface area contributed by atoms with E-state index in [-0.39, 0.29) is 11.5 Å². The second kappa shape index (κ2) is 5.31. The van der Waals surface area contributed by atoms with Crippen LogP contribution in [0.25, 0.3) is 0 Å². The zero-order chi connectivity index (χ0) is 13.1. The van der Waals surface area contributed by atoms with Crippen LogP contribution in [0.5, 0.6) is 5.75 Å². The number of phenols is 1. The summed E-state index contributed by atoms with van der Waals surface area (Å²) in [4.78, 5) is 24.6. The number of carbonyl (C=O) groups is 2. The van der Waals surface area contributed by atoms with E-state index in [4.69, 9.17) is 0 Å². The van der Waals surface area contributed by atoms with Crippen molar-refractivity contribution < 1.29 is 14.7 Å². The number of Topliss-reactive ketones (excluding diaryl/α,β-unsaturated/α-hetero) is 2. The quantitative estimate of drug-likeness (QED) is 0.827. The van der Waals surface area contributed by atoms with Crippen molar-refractivity contribution in [1.29, 1.82) is 0 Å². The summed E-state index contributed by atoms with van der Waals surface area (Å²) in [5, 5.41) is 9.79. The summed E-state index contributed by atoms with van der Waals surface area (Å²) in [6.45, 7) is 3.54. The molecule has 0 bridgehead atoms. The van der Waals surface area contributed by atoms with Crippen molar-refractivity contribution in [1.82, 2.24) is 4.90 Å². The van der Waals surface area contributed by atoms with Gasteiger partial charge in [-0.1, -0.05) is 0 Å². The lowest BCUT2D eigenvalue weighted by Crippen LogP contribution is -2.33. The van der Waals surface area contributed by atoms with E-state index in [1.54, 1.807) is 18.2 Å². The van der Waals surface area contributed by atoms with E-state index < -0.39 is 0 Å². The summed E-state index contributed by atoms with van der Waals surface area (Å²) >= 11 is 0.